The molecule has 0 aliphatic carbocycles. The molecule has 0 spiro atoms. The van der Waals surface area contributed by atoms with Gasteiger partial charge in [0.1, 0.15) is 5.75 Å². The minimum absolute atomic E-state index is 0.0156. The molecule has 1 aromatic rings. The molecule has 17 heavy (non-hydrogen) atoms. The van der Waals surface area contributed by atoms with Gasteiger partial charge in [-0.15, -0.1) is 0 Å². The van der Waals surface area contributed by atoms with Crippen molar-refractivity contribution in [2.24, 2.45) is 11.7 Å². The number of hydrogen-bond acceptors (Lipinski definition) is 3. The van der Waals surface area contributed by atoms with Gasteiger partial charge in [-0.3, -0.25) is 4.79 Å². The van der Waals surface area contributed by atoms with E-state index in [1.54, 1.807) is 0 Å². The van der Waals surface area contributed by atoms with Crippen LogP contribution in [-0.2, 0) is 11.2 Å². The lowest BCUT2D eigenvalue weighted by molar-refractivity contribution is -0.116. The number of carbonyl (C=O) groups excluding carboxylic acids is 1. The molecule has 1 aliphatic heterocycles. The van der Waals surface area contributed by atoms with E-state index >= 15 is 0 Å². The molecular formula is C13H18N2O2. The van der Waals surface area contributed by atoms with Crippen molar-refractivity contribution in [3.05, 3.63) is 23.8 Å². The van der Waals surface area contributed by atoms with E-state index in [-0.39, 0.29) is 11.8 Å². The molecule has 1 aromatic carbocycles. The number of benzene rings is 1. The predicted molar refractivity (Wildman–Crippen MR) is 67.1 cm³/mol. The van der Waals surface area contributed by atoms with E-state index < -0.39 is 0 Å². The maximum atomic E-state index is 11.7. The molecule has 1 heterocycles. The van der Waals surface area contributed by atoms with Gasteiger partial charge >= 0.3 is 0 Å². The lowest BCUT2D eigenvalue weighted by Crippen LogP contribution is -2.20. The molecule has 1 unspecified atom stereocenters. The molecule has 3 N–H and O–H groups in total. The summed E-state index contributed by atoms with van der Waals surface area (Å²) in [4.78, 5) is 11.7. The number of ether oxygens (including phenoxy) is 1. The Kier molecular flexibility index (Phi) is 3.64. The van der Waals surface area contributed by atoms with E-state index in [0.717, 1.165) is 30.0 Å². The average Bonchev–Trinajstić information content (AvgIpc) is 2.75. The van der Waals surface area contributed by atoms with Gasteiger partial charge in [0.15, 0.2) is 0 Å². The Balaban J connectivity index is 1.97. The third-order valence-corrected chi connectivity index (χ3v) is 2.91. The van der Waals surface area contributed by atoms with Crippen molar-refractivity contribution in [3.8, 4) is 5.75 Å². The molecule has 0 saturated heterocycles. The number of anilines is 1. The van der Waals surface area contributed by atoms with Gasteiger partial charge in [-0.1, -0.05) is 6.92 Å². The largest absolute Gasteiger partial charge is 0.493 e. The van der Waals surface area contributed by atoms with Crippen LogP contribution in [0.3, 0.4) is 0 Å². The van der Waals surface area contributed by atoms with Gasteiger partial charge in [0, 0.05) is 18.5 Å². The lowest BCUT2D eigenvalue weighted by atomic mass is 10.1. The highest BCUT2D eigenvalue weighted by atomic mass is 16.5. The third kappa shape index (κ3) is 2.97. The molecule has 0 aromatic heterocycles. The fourth-order valence-electron chi connectivity index (χ4n) is 1.88. The normalized spacial score (nSPS) is 14.9. The van der Waals surface area contributed by atoms with Crippen LogP contribution in [0.5, 0.6) is 5.75 Å². The third-order valence-electron chi connectivity index (χ3n) is 2.91. The van der Waals surface area contributed by atoms with Crippen molar-refractivity contribution >= 4 is 11.6 Å². The van der Waals surface area contributed by atoms with Gasteiger partial charge in [-0.25, -0.2) is 0 Å². The lowest BCUT2D eigenvalue weighted by Gasteiger charge is -2.10. The molecule has 1 atom stereocenters. The number of hydrogen-bond donors (Lipinski definition) is 2. The fourth-order valence-corrected chi connectivity index (χ4v) is 1.88. The fraction of sp³-hybridized carbons (Fsp3) is 0.462. The van der Waals surface area contributed by atoms with Crippen molar-refractivity contribution in [1.82, 2.24) is 0 Å². The van der Waals surface area contributed by atoms with E-state index in [0.29, 0.717) is 13.0 Å². The molecule has 0 radical (unpaired) electrons. The van der Waals surface area contributed by atoms with Crippen molar-refractivity contribution in [1.29, 1.82) is 0 Å². The monoisotopic (exact) mass is 234 g/mol. The number of amides is 1. The molecular weight excluding hydrogens is 216 g/mol. The van der Waals surface area contributed by atoms with Crippen LogP contribution in [-0.4, -0.2) is 19.1 Å². The summed E-state index contributed by atoms with van der Waals surface area (Å²) in [6.07, 6.45) is 1.38. The standard InChI is InChI=1S/C13H18N2O2/c1-9(8-14)6-13(16)15-11-2-3-12-10(7-11)4-5-17-12/h2-3,7,9H,4-6,8,14H2,1H3,(H,15,16). The summed E-state index contributed by atoms with van der Waals surface area (Å²) >= 11 is 0. The summed E-state index contributed by atoms with van der Waals surface area (Å²) in [6, 6.07) is 5.76. The number of nitrogens with two attached hydrogens (primary N) is 1. The van der Waals surface area contributed by atoms with E-state index in [1.165, 1.54) is 0 Å². The van der Waals surface area contributed by atoms with Crippen molar-refractivity contribution < 1.29 is 9.53 Å². The second-order valence-corrected chi connectivity index (χ2v) is 4.51. The van der Waals surface area contributed by atoms with Crippen LogP contribution in [0.25, 0.3) is 0 Å². The Hall–Kier alpha value is -1.55. The maximum Gasteiger partial charge on any atom is 0.224 e. The minimum Gasteiger partial charge on any atom is -0.493 e. The van der Waals surface area contributed by atoms with Gasteiger partial charge < -0.3 is 15.8 Å². The van der Waals surface area contributed by atoms with Crippen LogP contribution in [0.1, 0.15) is 18.9 Å². The molecule has 92 valence electrons. The van der Waals surface area contributed by atoms with Crippen molar-refractivity contribution in [2.75, 3.05) is 18.5 Å². The van der Waals surface area contributed by atoms with Gasteiger partial charge in [-0.2, -0.15) is 0 Å². The summed E-state index contributed by atoms with van der Waals surface area (Å²) in [6.45, 7) is 3.23. The molecule has 1 amide bonds. The first-order chi connectivity index (χ1) is 8.19. The summed E-state index contributed by atoms with van der Waals surface area (Å²) < 4.78 is 5.41. The minimum atomic E-state index is 0.0156. The Morgan fingerprint density at radius 3 is 3.18 bits per heavy atom. The summed E-state index contributed by atoms with van der Waals surface area (Å²) in [7, 11) is 0. The van der Waals surface area contributed by atoms with Crippen LogP contribution >= 0.6 is 0 Å². The second-order valence-electron chi connectivity index (χ2n) is 4.51. The van der Waals surface area contributed by atoms with Gasteiger partial charge in [-0.05, 0) is 36.2 Å². The zero-order chi connectivity index (χ0) is 12.3. The van der Waals surface area contributed by atoms with E-state index in [4.69, 9.17) is 10.5 Å². The Labute approximate surface area is 101 Å². The first-order valence-electron chi connectivity index (χ1n) is 5.94. The topological polar surface area (TPSA) is 64.4 Å². The molecule has 4 nitrogen and oxygen atoms in total. The number of carbonyl (C=O) groups is 1. The summed E-state index contributed by atoms with van der Waals surface area (Å²) in [5, 5.41) is 2.89. The van der Waals surface area contributed by atoms with E-state index in [2.05, 4.69) is 5.32 Å². The molecule has 4 heteroatoms. The zero-order valence-electron chi connectivity index (χ0n) is 10.0. The highest BCUT2D eigenvalue weighted by molar-refractivity contribution is 5.91. The van der Waals surface area contributed by atoms with E-state index in [1.807, 2.05) is 25.1 Å². The second kappa shape index (κ2) is 5.19. The molecule has 0 bridgehead atoms. The van der Waals surface area contributed by atoms with Crippen LogP contribution in [0, 0.1) is 5.92 Å². The highest BCUT2D eigenvalue weighted by Crippen LogP contribution is 2.27. The quantitative estimate of drug-likeness (QED) is 0.830. The SMILES string of the molecule is CC(CN)CC(=O)Nc1ccc2c(c1)CCO2. The highest BCUT2D eigenvalue weighted by Gasteiger charge is 2.13. The van der Waals surface area contributed by atoms with Crippen LogP contribution in [0.2, 0.25) is 0 Å². The van der Waals surface area contributed by atoms with Crippen molar-refractivity contribution in [2.45, 2.75) is 19.8 Å². The number of rotatable bonds is 4. The summed E-state index contributed by atoms with van der Waals surface area (Å²) in [5.41, 5.74) is 7.49. The Bertz CT molecular complexity index is 418. The molecule has 1 aliphatic rings. The van der Waals surface area contributed by atoms with E-state index in [9.17, 15) is 4.79 Å². The zero-order valence-corrected chi connectivity index (χ0v) is 10.0. The molecule has 2 rings (SSSR count). The maximum absolute atomic E-state index is 11.7. The summed E-state index contributed by atoms with van der Waals surface area (Å²) in [5.74, 6) is 1.16. The smallest absolute Gasteiger partial charge is 0.224 e. The molecule has 0 saturated carbocycles. The predicted octanol–water partition coefficient (Wildman–Crippen LogP) is 1.54. The van der Waals surface area contributed by atoms with Crippen molar-refractivity contribution in [3.63, 3.8) is 0 Å². The Morgan fingerprint density at radius 2 is 2.41 bits per heavy atom. The van der Waals surface area contributed by atoms with Gasteiger partial charge in [0.05, 0.1) is 6.61 Å². The average molecular weight is 234 g/mol. The van der Waals surface area contributed by atoms with Crippen LogP contribution < -0.4 is 15.8 Å². The Morgan fingerprint density at radius 1 is 1.59 bits per heavy atom. The number of nitrogens with one attached hydrogen (secondary N) is 1. The van der Waals surface area contributed by atoms with Crippen LogP contribution in [0.4, 0.5) is 5.69 Å². The number of fused-ring (bicyclic) bond motifs is 1. The van der Waals surface area contributed by atoms with Gasteiger partial charge in [0.2, 0.25) is 5.91 Å². The molecule has 0 fully saturated rings. The van der Waals surface area contributed by atoms with Crippen LogP contribution in [0.15, 0.2) is 18.2 Å². The first-order valence-corrected chi connectivity index (χ1v) is 5.94. The van der Waals surface area contributed by atoms with Gasteiger partial charge in [0.25, 0.3) is 0 Å². The first kappa shape index (κ1) is 11.9.